The Bertz CT molecular complexity index is 144. The van der Waals surface area contributed by atoms with Gasteiger partial charge in [0.15, 0.2) is 0 Å². The summed E-state index contributed by atoms with van der Waals surface area (Å²) in [5.41, 5.74) is 0. The van der Waals surface area contributed by atoms with Crippen LogP contribution in [0, 0.1) is 11.8 Å². The molecule has 0 saturated heterocycles. The predicted molar refractivity (Wildman–Crippen MR) is 57.1 cm³/mol. The van der Waals surface area contributed by atoms with Crippen LogP contribution in [0.2, 0.25) is 0 Å². The smallest absolute Gasteiger partial charge is 0.0199 e. The third kappa shape index (κ3) is 4.95. The van der Waals surface area contributed by atoms with Gasteiger partial charge >= 0.3 is 0 Å². The molecule has 68 valence electrons. The third-order valence-electron chi connectivity index (χ3n) is 2.08. The van der Waals surface area contributed by atoms with Crippen molar-refractivity contribution in [1.82, 2.24) is 0 Å². The van der Waals surface area contributed by atoms with Crippen LogP contribution in [0.25, 0.3) is 0 Å². The molecule has 0 nitrogen and oxygen atoms in total. The number of hydrogen-bond acceptors (Lipinski definition) is 0. The number of allylic oxidation sites excluding steroid dienone is 3. The van der Waals surface area contributed by atoms with E-state index in [0.717, 1.165) is 12.8 Å². The van der Waals surface area contributed by atoms with Crippen molar-refractivity contribution in [3.8, 4) is 0 Å². The largest absolute Gasteiger partial charge is 0.103 e. The Morgan fingerprint density at radius 1 is 1.08 bits per heavy atom. The predicted octanol–water partition coefficient (Wildman–Crippen LogP) is 3.97. The van der Waals surface area contributed by atoms with Crippen molar-refractivity contribution in [1.29, 1.82) is 0 Å². The fourth-order valence-electron chi connectivity index (χ4n) is 1.40. The summed E-state index contributed by atoms with van der Waals surface area (Å²) in [4.78, 5) is 0. The Balaban J connectivity index is 3.74. The number of hydrogen-bond donors (Lipinski definition) is 0. The van der Waals surface area contributed by atoms with Gasteiger partial charge in [0.1, 0.15) is 0 Å². The summed E-state index contributed by atoms with van der Waals surface area (Å²) in [6.45, 7) is 13.5. The molecule has 2 unspecified atom stereocenters. The Morgan fingerprint density at radius 2 is 1.67 bits per heavy atom. The zero-order valence-corrected chi connectivity index (χ0v) is 8.13. The molecular formula is C12H20. The fraction of sp³-hybridized carbons (Fsp3) is 0.500. The van der Waals surface area contributed by atoms with E-state index in [-0.39, 0.29) is 0 Å². The molecule has 0 fully saturated rings. The molecule has 0 aliphatic rings. The maximum absolute atomic E-state index is 3.82. The molecule has 0 heterocycles. The fourth-order valence-corrected chi connectivity index (χ4v) is 1.40. The first kappa shape index (κ1) is 11.2. The molecular weight excluding hydrogens is 144 g/mol. The third-order valence-corrected chi connectivity index (χ3v) is 2.08. The van der Waals surface area contributed by atoms with Gasteiger partial charge in [-0.05, 0) is 31.1 Å². The second kappa shape index (κ2) is 6.90. The second-order valence-electron chi connectivity index (χ2n) is 3.39. The lowest BCUT2D eigenvalue weighted by molar-refractivity contribution is 0.452. The van der Waals surface area contributed by atoms with Crippen molar-refractivity contribution in [3.63, 3.8) is 0 Å². The normalized spacial score (nSPS) is 14.8. The minimum atomic E-state index is 0.595. The van der Waals surface area contributed by atoms with Gasteiger partial charge < -0.3 is 0 Å². The molecule has 0 amide bonds. The quantitative estimate of drug-likeness (QED) is 0.499. The Labute approximate surface area is 76.7 Å². The molecule has 0 radical (unpaired) electrons. The topological polar surface area (TPSA) is 0 Å². The van der Waals surface area contributed by atoms with E-state index in [1.165, 1.54) is 6.42 Å². The highest BCUT2D eigenvalue weighted by Gasteiger charge is 2.06. The molecule has 0 aromatic rings. The lowest BCUT2D eigenvalue weighted by Gasteiger charge is -2.14. The number of rotatable bonds is 7. The van der Waals surface area contributed by atoms with Crippen LogP contribution >= 0.6 is 0 Å². The zero-order chi connectivity index (χ0) is 9.40. The molecule has 0 saturated carbocycles. The van der Waals surface area contributed by atoms with Crippen LogP contribution in [0.1, 0.15) is 26.2 Å². The van der Waals surface area contributed by atoms with Gasteiger partial charge in [0.05, 0.1) is 0 Å². The lowest BCUT2D eigenvalue weighted by Crippen LogP contribution is -2.02. The van der Waals surface area contributed by atoms with E-state index in [1.807, 2.05) is 18.2 Å². The summed E-state index contributed by atoms with van der Waals surface area (Å²) in [6, 6.07) is 0. The summed E-state index contributed by atoms with van der Waals surface area (Å²) in [6.07, 6.45) is 9.32. The molecule has 0 rings (SSSR count). The van der Waals surface area contributed by atoms with Gasteiger partial charge in [-0.15, -0.1) is 19.7 Å². The van der Waals surface area contributed by atoms with Crippen LogP contribution in [-0.2, 0) is 0 Å². The van der Waals surface area contributed by atoms with Crippen LogP contribution in [0.15, 0.2) is 38.0 Å². The molecule has 0 aliphatic carbocycles. The average Bonchev–Trinajstić information content (AvgIpc) is 2.04. The SMILES string of the molecule is C=CCC(C)CC(C=C)CC=C. The minimum absolute atomic E-state index is 0.595. The first-order chi connectivity index (χ1) is 5.74. The van der Waals surface area contributed by atoms with Crippen LogP contribution in [-0.4, -0.2) is 0 Å². The zero-order valence-electron chi connectivity index (χ0n) is 8.13. The van der Waals surface area contributed by atoms with Gasteiger partial charge in [-0.25, -0.2) is 0 Å². The maximum Gasteiger partial charge on any atom is -0.0199 e. The van der Waals surface area contributed by atoms with E-state index in [9.17, 15) is 0 Å². The lowest BCUT2D eigenvalue weighted by atomic mass is 9.91. The molecule has 2 atom stereocenters. The van der Waals surface area contributed by atoms with Crippen LogP contribution in [0.3, 0.4) is 0 Å². The van der Waals surface area contributed by atoms with Gasteiger partial charge in [-0.2, -0.15) is 0 Å². The Kier molecular flexibility index (Phi) is 6.45. The summed E-state index contributed by atoms with van der Waals surface area (Å²) in [7, 11) is 0. The highest BCUT2D eigenvalue weighted by Crippen LogP contribution is 2.19. The van der Waals surface area contributed by atoms with Crippen molar-refractivity contribution < 1.29 is 0 Å². The average molecular weight is 164 g/mol. The van der Waals surface area contributed by atoms with Gasteiger partial charge in [0.2, 0.25) is 0 Å². The van der Waals surface area contributed by atoms with Crippen LogP contribution in [0.4, 0.5) is 0 Å². The van der Waals surface area contributed by atoms with Gasteiger partial charge in [-0.3, -0.25) is 0 Å². The van der Waals surface area contributed by atoms with Crippen molar-refractivity contribution in [2.45, 2.75) is 26.2 Å². The minimum Gasteiger partial charge on any atom is -0.103 e. The van der Waals surface area contributed by atoms with Crippen LogP contribution in [0.5, 0.6) is 0 Å². The standard InChI is InChI=1S/C12H20/c1-5-8-11(4)10-12(7-3)9-6-2/h5-7,11-12H,1-3,8-10H2,4H3. The highest BCUT2D eigenvalue weighted by atomic mass is 14.1. The molecule has 12 heavy (non-hydrogen) atoms. The summed E-state index contributed by atoms with van der Waals surface area (Å²) in [5, 5.41) is 0. The van der Waals surface area contributed by atoms with Crippen LogP contribution < -0.4 is 0 Å². The Hall–Kier alpha value is -0.780. The molecule has 0 aliphatic heterocycles. The maximum atomic E-state index is 3.82. The summed E-state index contributed by atoms with van der Waals surface area (Å²) < 4.78 is 0. The van der Waals surface area contributed by atoms with Gasteiger partial charge in [-0.1, -0.05) is 25.2 Å². The Morgan fingerprint density at radius 3 is 2.08 bits per heavy atom. The van der Waals surface area contributed by atoms with E-state index < -0.39 is 0 Å². The first-order valence-corrected chi connectivity index (χ1v) is 4.58. The van der Waals surface area contributed by atoms with Crippen molar-refractivity contribution in [2.75, 3.05) is 0 Å². The summed E-state index contributed by atoms with van der Waals surface area (Å²) >= 11 is 0. The van der Waals surface area contributed by atoms with Crippen molar-refractivity contribution >= 4 is 0 Å². The van der Waals surface area contributed by atoms with Gasteiger partial charge in [0.25, 0.3) is 0 Å². The van der Waals surface area contributed by atoms with Gasteiger partial charge in [0, 0.05) is 0 Å². The highest BCUT2D eigenvalue weighted by molar-refractivity contribution is 4.86. The molecule has 0 aromatic carbocycles. The van der Waals surface area contributed by atoms with E-state index >= 15 is 0 Å². The van der Waals surface area contributed by atoms with E-state index in [2.05, 4.69) is 26.7 Å². The molecule has 0 bridgehead atoms. The van der Waals surface area contributed by atoms with Crippen molar-refractivity contribution in [3.05, 3.63) is 38.0 Å². The monoisotopic (exact) mass is 164 g/mol. The first-order valence-electron chi connectivity index (χ1n) is 4.58. The van der Waals surface area contributed by atoms with E-state index in [4.69, 9.17) is 0 Å². The molecule has 0 heteroatoms. The van der Waals surface area contributed by atoms with E-state index in [1.54, 1.807) is 0 Å². The molecule has 0 aromatic heterocycles. The van der Waals surface area contributed by atoms with Crippen molar-refractivity contribution in [2.24, 2.45) is 11.8 Å². The molecule has 0 spiro atoms. The second-order valence-corrected chi connectivity index (χ2v) is 3.39. The van der Waals surface area contributed by atoms with E-state index in [0.29, 0.717) is 11.8 Å². The summed E-state index contributed by atoms with van der Waals surface area (Å²) in [5.74, 6) is 1.31. The molecule has 0 N–H and O–H groups in total.